The molecule has 2 N–H and O–H groups in total. The van der Waals surface area contributed by atoms with E-state index in [2.05, 4.69) is 0 Å². The fourth-order valence-corrected chi connectivity index (χ4v) is 1.27. The van der Waals surface area contributed by atoms with Gasteiger partial charge in [0.05, 0.1) is 18.2 Å². The van der Waals surface area contributed by atoms with Crippen molar-refractivity contribution >= 4 is 17.2 Å². The van der Waals surface area contributed by atoms with E-state index in [1.54, 1.807) is 7.11 Å². The maximum atomic E-state index is 5.38. The molecule has 0 spiro atoms. The molecule has 0 aromatic carbocycles. The summed E-state index contributed by atoms with van der Waals surface area (Å²) in [4.78, 5) is 0.585. The minimum atomic E-state index is 0.585. The van der Waals surface area contributed by atoms with Gasteiger partial charge in [0.25, 0.3) is 0 Å². The third kappa shape index (κ3) is 13.8. The van der Waals surface area contributed by atoms with Crippen LogP contribution in [0.3, 0.4) is 0 Å². The van der Waals surface area contributed by atoms with Gasteiger partial charge < -0.3 is 19.9 Å². The van der Waals surface area contributed by atoms with E-state index < -0.39 is 0 Å². The second-order valence-corrected chi connectivity index (χ2v) is 4.02. The molecule has 0 saturated carbocycles. The van der Waals surface area contributed by atoms with E-state index in [1.165, 1.54) is 0 Å². The highest BCUT2D eigenvalue weighted by Crippen LogP contribution is 1.96. The molecule has 0 atom stereocenters. The summed E-state index contributed by atoms with van der Waals surface area (Å²) in [7, 11) is 1.69. The lowest BCUT2D eigenvalue weighted by Gasteiger charge is -2.05. The number of unbranched alkanes of at least 4 members (excludes halogenated alkanes) is 1. The van der Waals surface area contributed by atoms with Gasteiger partial charge in [-0.25, -0.2) is 0 Å². The first kappa shape index (κ1) is 15.8. The van der Waals surface area contributed by atoms with Crippen molar-refractivity contribution in [3.63, 3.8) is 0 Å². The highest BCUT2D eigenvalue weighted by molar-refractivity contribution is 7.80. The molecule has 4 nitrogen and oxygen atoms in total. The number of thiocarbonyl (C=S) groups is 1. The normalized spacial score (nSPS) is 10.6. The predicted octanol–water partition coefficient (Wildman–Crippen LogP) is 1.51. The van der Waals surface area contributed by atoms with Gasteiger partial charge in [-0.15, -0.1) is 0 Å². The minimum absolute atomic E-state index is 0.585. The fourth-order valence-electron chi connectivity index (χ4n) is 1.13. The monoisotopic (exact) mass is 249 g/mol. The standard InChI is InChI=1S/C11H23NO3S/c1-13-6-4-8-15-10-9-14-7-3-2-5-11(12)16/h2-10H2,1H3,(H2,12,16). The van der Waals surface area contributed by atoms with Crippen molar-refractivity contribution in [2.75, 3.05) is 40.1 Å². The van der Waals surface area contributed by atoms with Crippen LogP contribution in [0.4, 0.5) is 0 Å². The van der Waals surface area contributed by atoms with E-state index >= 15 is 0 Å². The zero-order valence-electron chi connectivity index (χ0n) is 10.1. The molecule has 5 heteroatoms. The van der Waals surface area contributed by atoms with Crippen LogP contribution in [0, 0.1) is 0 Å². The van der Waals surface area contributed by atoms with E-state index in [0.717, 1.165) is 45.5 Å². The smallest absolute Gasteiger partial charge is 0.0727 e. The molecular formula is C11H23NO3S. The van der Waals surface area contributed by atoms with Crippen LogP contribution in [-0.2, 0) is 14.2 Å². The molecule has 0 radical (unpaired) electrons. The van der Waals surface area contributed by atoms with Gasteiger partial charge in [-0.05, 0) is 25.7 Å². The SMILES string of the molecule is COCCCOCCOCCCCC(N)=S. The van der Waals surface area contributed by atoms with Gasteiger partial charge in [-0.1, -0.05) is 12.2 Å². The Morgan fingerprint density at radius 3 is 2.12 bits per heavy atom. The summed E-state index contributed by atoms with van der Waals surface area (Å²) in [6.45, 7) is 3.54. The summed E-state index contributed by atoms with van der Waals surface area (Å²) in [6.07, 6.45) is 3.75. The van der Waals surface area contributed by atoms with Gasteiger partial charge in [0.15, 0.2) is 0 Å². The van der Waals surface area contributed by atoms with Crippen LogP contribution >= 0.6 is 12.2 Å². The Morgan fingerprint density at radius 1 is 0.938 bits per heavy atom. The molecule has 0 bridgehead atoms. The maximum absolute atomic E-state index is 5.38. The Kier molecular flexibility index (Phi) is 12.7. The fraction of sp³-hybridized carbons (Fsp3) is 0.909. The van der Waals surface area contributed by atoms with Gasteiger partial charge in [-0.2, -0.15) is 0 Å². The second-order valence-electron chi connectivity index (χ2n) is 3.49. The van der Waals surface area contributed by atoms with Crippen LogP contribution in [0.2, 0.25) is 0 Å². The summed E-state index contributed by atoms with van der Waals surface area (Å²) in [5.41, 5.74) is 5.37. The largest absolute Gasteiger partial charge is 0.393 e. The summed E-state index contributed by atoms with van der Waals surface area (Å²) >= 11 is 4.77. The molecule has 0 aliphatic rings. The lowest BCUT2D eigenvalue weighted by atomic mass is 10.2. The first-order valence-corrected chi connectivity index (χ1v) is 6.11. The Bertz CT molecular complexity index is 167. The zero-order valence-corrected chi connectivity index (χ0v) is 10.9. The molecule has 96 valence electrons. The van der Waals surface area contributed by atoms with Crippen molar-refractivity contribution in [2.45, 2.75) is 25.7 Å². The third-order valence-corrected chi connectivity index (χ3v) is 2.18. The number of rotatable bonds is 12. The summed E-state index contributed by atoms with van der Waals surface area (Å²) < 4.78 is 15.6. The summed E-state index contributed by atoms with van der Waals surface area (Å²) in [5, 5.41) is 0. The first-order chi connectivity index (χ1) is 7.77. The van der Waals surface area contributed by atoms with Gasteiger partial charge in [0.1, 0.15) is 0 Å². The van der Waals surface area contributed by atoms with Crippen LogP contribution in [0.5, 0.6) is 0 Å². The van der Waals surface area contributed by atoms with Crippen molar-refractivity contribution in [3.8, 4) is 0 Å². The van der Waals surface area contributed by atoms with E-state index in [9.17, 15) is 0 Å². The zero-order chi connectivity index (χ0) is 12.1. The number of nitrogens with two attached hydrogens (primary N) is 1. The van der Waals surface area contributed by atoms with Crippen LogP contribution in [0.25, 0.3) is 0 Å². The molecule has 0 aliphatic heterocycles. The van der Waals surface area contributed by atoms with Gasteiger partial charge in [0, 0.05) is 26.9 Å². The van der Waals surface area contributed by atoms with Crippen molar-refractivity contribution < 1.29 is 14.2 Å². The molecule has 16 heavy (non-hydrogen) atoms. The lowest BCUT2D eigenvalue weighted by Crippen LogP contribution is -2.09. The summed E-state index contributed by atoms with van der Waals surface area (Å²) in [6, 6.07) is 0. The average molecular weight is 249 g/mol. The number of hydrogen-bond acceptors (Lipinski definition) is 4. The van der Waals surface area contributed by atoms with Crippen molar-refractivity contribution in [1.82, 2.24) is 0 Å². The van der Waals surface area contributed by atoms with Crippen molar-refractivity contribution in [2.24, 2.45) is 5.73 Å². The maximum Gasteiger partial charge on any atom is 0.0727 e. The molecule has 0 amide bonds. The predicted molar refractivity (Wildman–Crippen MR) is 68.8 cm³/mol. The van der Waals surface area contributed by atoms with Crippen LogP contribution in [-0.4, -0.2) is 45.1 Å². The highest BCUT2D eigenvalue weighted by Gasteiger charge is 1.93. The van der Waals surface area contributed by atoms with E-state index in [0.29, 0.717) is 18.2 Å². The van der Waals surface area contributed by atoms with E-state index in [4.69, 9.17) is 32.2 Å². The second kappa shape index (κ2) is 12.8. The Balaban J connectivity index is 2.90. The van der Waals surface area contributed by atoms with Crippen LogP contribution in [0.1, 0.15) is 25.7 Å². The minimum Gasteiger partial charge on any atom is -0.393 e. The molecule has 0 fully saturated rings. The molecule has 0 saturated heterocycles. The highest BCUT2D eigenvalue weighted by atomic mass is 32.1. The van der Waals surface area contributed by atoms with E-state index in [-0.39, 0.29) is 0 Å². The van der Waals surface area contributed by atoms with Crippen molar-refractivity contribution in [3.05, 3.63) is 0 Å². The van der Waals surface area contributed by atoms with E-state index in [1.807, 2.05) is 0 Å². The van der Waals surface area contributed by atoms with Gasteiger partial charge in [0.2, 0.25) is 0 Å². The topological polar surface area (TPSA) is 53.7 Å². The quantitative estimate of drug-likeness (QED) is 0.420. The average Bonchev–Trinajstić information content (AvgIpc) is 2.25. The Labute approximate surface area is 103 Å². The number of methoxy groups -OCH3 is 1. The van der Waals surface area contributed by atoms with Gasteiger partial charge >= 0.3 is 0 Å². The Morgan fingerprint density at radius 2 is 1.56 bits per heavy atom. The Hall–Kier alpha value is -0.230. The first-order valence-electron chi connectivity index (χ1n) is 5.70. The molecule has 0 heterocycles. The molecule has 0 aromatic heterocycles. The molecular weight excluding hydrogens is 226 g/mol. The lowest BCUT2D eigenvalue weighted by molar-refractivity contribution is 0.0389. The molecule has 0 rings (SSSR count). The number of hydrogen-bond donors (Lipinski definition) is 1. The van der Waals surface area contributed by atoms with Crippen molar-refractivity contribution in [1.29, 1.82) is 0 Å². The third-order valence-electron chi connectivity index (χ3n) is 1.97. The summed E-state index contributed by atoms with van der Waals surface area (Å²) in [5.74, 6) is 0. The molecule has 0 aliphatic carbocycles. The number of ether oxygens (including phenoxy) is 3. The molecule has 0 unspecified atom stereocenters. The molecule has 0 aromatic rings. The van der Waals surface area contributed by atoms with Crippen LogP contribution < -0.4 is 5.73 Å². The van der Waals surface area contributed by atoms with Crippen LogP contribution in [0.15, 0.2) is 0 Å². The van der Waals surface area contributed by atoms with Gasteiger partial charge in [-0.3, -0.25) is 0 Å².